The van der Waals surface area contributed by atoms with Gasteiger partial charge in [0.05, 0.1) is 19.3 Å². The summed E-state index contributed by atoms with van der Waals surface area (Å²) < 4.78 is 26.2. The molecule has 5 N–H and O–H groups in total. The number of hydrogen-bond donors (Lipinski definition) is 3. The minimum Gasteiger partial charge on any atom is -0.439 e. The van der Waals surface area contributed by atoms with Crippen molar-refractivity contribution in [3.05, 3.63) is 59.7 Å². The lowest BCUT2D eigenvalue weighted by molar-refractivity contribution is 0.0532. The molecule has 1 atom stereocenters. The standard InChI is InChI=1S/C24H30FN5O3/c1-3-29-24(14-23(28-2)30-8-10-32-11-9-30)33-22-13-17(27)5-7-18(22)16-4-6-19(20(25)12-16)21(31)15-26/h4-7,12-14,21,31H,2-3,8-11,15,26-27H2,1H3/b23-14+,29-24?. The van der Waals surface area contributed by atoms with E-state index >= 15 is 0 Å². The Morgan fingerprint density at radius 3 is 2.70 bits per heavy atom. The first-order valence-corrected chi connectivity index (χ1v) is 10.8. The highest BCUT2D eigenvalue weighted by Crippen LogP contribution is 2.34. The fourth-order valence-electron chi connectivity index (χ4n) is 3.47. The molecule has 1 aliphatic rings. The number of halogens is 1. The van der Waals surface area contributed by atoms with Crippen molar-refractivity contribution < 1.29 is 19.0 Å². The van der Waals surface area contributed by atoms with Gasteiger partial charge in [-0.15, -0.1) is 0 Å². The molecule has 33 heavy (non-hydrogen) atoms. The molecule has 0 aliphatic carbocycles. The van der Waals surface area contributed by atoms with E-state index in [1.54, 1.807) is 30.3 Å². The first kappa shape index (κ1) is 24.4. The lowest BCUT2D eigenvalue weighted by Gasteiger charge is -2.28. The summed E-state index contributed by atoms with van der Waals surface area (Å²) in [7, 11) is 0. The van der Waals surface area contributed by atoms with Gasteiger partial charge in [0.25, 0.3) is 0 Å². The molecule has 0 radical (unpaired) electrons. The molecule has 2 aromatic rings. The SMILES string of the molecule is C=N/C(=C\C(=NCC)Oc1cc(N)ccc1-c1ccc(C(O)CN)c(F)c1)N1CCOCC1. The van der Waals surface area contributed by atoms with Crippen molar-refractivity contribution >= 4 is 18.3 Å². The van der Waals surface area contributed by atoms with Crippen LogP contribution in [0.3, 0.4) is 0 Å². The summed E-state index contributed by atoms with van der Waals surface area (Å²) in [6, 6.07) is 9.67. The van der Waals surface area contributed by atoms with Gasteiger partial charge in [0.1, 0.15) is 17.4 Å². The molecule has 9 heteroatoms. The van der Waals surface area contributed by atoms with Gasteiger partial charge >= 0.3 is 0 Å². The summed E-state index contributed by atoms with van der Waals surface area (Å²) >= 11 is 0. The maximum absolute atomic E-state index is 14.6. The van der Waals surface area contributed by atoms with Crippen molar-refractivity contribution in [3.8, 4) is 16.9 Å². The molecule has 0 aromatic heterocycles. The first-order valence-electron chi connectivity index (χ1n) is 10.8. The summed E-state index contributed by atoms with van der Waals surface area (Å²) in [5.41, 5.74) is 13.3. The van der Waals surface area contributed by atoms with Crippen LogP contribution in [0.1, 0.15) is 18.6 Å². The lowest BCUT2D eigenvalue weighted by Crippen LogP contribution is -2.35. The van der Waals surface area contributed by atoms with Gasteiger partial charge in [-0.25, -0.2) is 9.38 Å². The van der Waals surface area contributed by atoms with Crippen molar-refractivity contribution in [3.63, 3.8) is 0 Å². The molecule has 176 valence electrons. The van der Waals surface area contributed by atoms with Crippen LogP contribution in [-0.2, 0) is 4.74 Å². The molecule has 0 saturated carbocycles. The van der Waals surface area contributed by atoms with Crippen LogP contribution < -0.4 is 16.2 Å². The van der Waals surface area contributed by atoms with E-state index in [-0.39, 0.29) is 12.1 Å². The van der Waals surface area contributed by atoms with Crippen LogP contribution in [-0.4, -0.2) is 62.0 Å². The number of aliphatic imine (C=N–C) groups is 2. The van der Waals surface area contributed by atoms with Gasteiger partial charge in [-0.1, -0.05) is 12.1 Å². The summed E-state index contributed by atoms with van der Waals surface area (Å²) in [6.45, 7) is 8.56. The van der Waals surface area contributed by atoms with Crippen LogP contribution in [0.4, 0.5) is 10.1 Å². The molecule has 1 unspecified atom stereocenters. The minimum atomic E-state index is -1.07. The molecule has 0 amide bonds. The van der Waals surface area contributed by atoms with Gasteiger partial charge in [0, 0.05) is 55.1 Å². The topological polar surface area (TPSA) is 119 Å². The Hall–Kier alpha value is -3.27. The zero-order valence-electron chi connectivity index (χ0n) is 18.7. The largest absolute Gasteiger partial charge is 0.439 e. The Kier molecular flexibility index (Phi) is 8.53. The van der Waals surface area contributed by atoms with Gasteiger partial charge < -0.3 is 30.9 Å². The number of aliphatic hydroxyl groups excluding tert-OH is 1. The van der Waals surface area contributed by atoms with Crippen LogP contribution in [0.15, 0.2) is 58.3 Å². The number of nitrogen functional groups attached to an aromatic ring is 1. The van der Waals surface area contributed by atoms with Crippen LogP contribution in [0.25, 0.3) is 11.1 Å². The molecule has 1 aliphatic heterocycles. The molecule has 8 nitrogen and oxygen atoms in total. The zero-order valence-corrected chi connectivity index (χ0v) is 18.7. The number of benzene rings is 2. The van der Waals surface area contributed by atoms with Crippen LogP contribution in [0.5, 0.6) is 5.75 Å². The molecular weight excluding hydrogens is 425 g/mol. The monoisotopic (exact) mass is 455 g/mol. The zero-order chi connectivity index (χ0) is 23.8. The maximum atomic E-state index is 14.6. The van der Waals surface area contributed by atoms with E-state index in [1.807, 2.05) is 11.8 Å². The Labute approximate surface area is 193 Å². The third kappa shape index (κ3) is 6.16. The summed E-state index contributed by atoms with van der Waals surface area (Å²) in [6.07, 6.45) is 0.649. The molecule has 0 spiro atoms. The minimum absolute atomic E-state index is 0.0709. The second-order valence-electron chi connectivity index (χ2n) is 7.42. The van der Waals surface area contributed by atoms with Crippen LogP contribution in [0.2, 0.25) is 0 Å². The van der Waals surface area contributed by atoms with Crippen LogP contribution >= 0.6 is 0 Å². The van der Waals surface area contributed by atoms with E-state index < -0.39 is 11.9 Å². The van der Waals surface area contributed by atoms with Gasteiger partial charge in [-0.2, -0.15) is 0 Å². The van der Waals surface area contributed by atoms with Gasteiger partial charge in [0.15, 0.2) is 0 Å². The second-order valence-corrected chi connectivity index (χ2v) is 7.42. The molecule has 3 rings (SSSR count). The van der Waals surface area contributed by atoms with Crippen LogP contribution in [0, 0.1) is 5.82 Å². The number of nitrogens with two attached hydrogens (primary N) is 2. The Balaban J connectivity index is 1.96. The van der Waals surface area contributed by atoms with Crippen molar-refractivity contribution in [1.29, 1.82) is 0 Å². The Morgan fingerprint density at radius 2 is 2.06 bits per heavy atom. The average Bonchev–Trinajstić information content (AvgIpc) is 2.82. The second kappa shape index (κ2) is 11.6. The predicted molar refractivity (Wildman–Crippen MR) is 129 cm³/mol. The Morgan fingerprint density at radius 1 is 1.30 bits per heavy atom. The normalized spacial score (nSPS) is 15.9. The van der Waals surface area contributed by atoms with E-state index in [0.717, 1.165) is 0 Å². The van der Waals surface area contributed by atoms with Crippen molar-refractivity contribution in [2.24, 2.45) is 15.7 Å². The van der Waals surface area contributed by atoms with E-state index in [0.29, 0.717) is 67.1 Å². The third-order valence-corrected chi connectivity index (χ3v) is 5.18. The highest BCUT2D eigenvalue weighted by atomic mass is 19.1. The highest BCUT2D eigenvalue weighted by Gasteiger charge is 2.17. The first-order chi connectivity index (χ1) is 16.0. The summed E-state index contributed by atoms with van der Waals surface area (Å²) in [4.78, 5) is 10.6. The summed E-state index contributed by atoms with van der Waals surface area (Å²) in [5, 5.41) is 9.90. The molecule has 1 fully saturated rings. The molecular formula is C24H30FN5O3. The number of hydrogen-bond acceptors (Lipinski definition) is 8. The smallest absolute Gasteiger partial charge is 0.218 e. The number of nitrogens with zero attached hydrogens (tertiary/aromatic N) is 3. The third-order valence-electron chi connectivity index (χ3n) is 5.18. The number of aliphatic hydroxyl groups is 1. The van der Waals surface area contributed by atoms with Gasteiger partial charge in [-0.05, 0) is 37.4 Å². The van der Waals surface area contributed by atoms with Crippen molar-refractivity contribution in [2.45, 2.75) is 13.0 Å². The fourth-order valence-corrected chi connectivity index (χ4v) is 3.47. The number of ether oxygens (including phenoxy) is 2. The van der Waals surface area contributed by atoms with Gasteiger partial charge in [0.2, 0.25) is 5.90 Å². The lowest BCUT2D eigenvalue weighted by atomic mass is 10.00. The van der Waals surface area contributed by atoms with E-state index in [2.05, 4.69) is 16.7 Å². The molecule has 1 heterocycles. The van der Waals surface area contributed by atoms with E-state index in [4.69, 9.17) is 20.9 Å². The molecule has 2 aromatic carbocycles. The van der Waals surface area contributed by atoms with E-state index in [1.165, 1.54) is 12.1 Å². The highest BCUT2D eigenvalue weighted by molar-refractivity contribution is 5.91. The number of morpholine rings is 1. The number of rotatable bonds is 8. The Bertz CT molecular complexity index is 1030. The summed E-state index contributed by atoms with van der Waals surface area (Å²) in [5.74, 6) is 0.812. The van der Waals surface area contributed by atoms with Crippen molar-refractivity contribution in [2.75, 3.05) is 45.1 Å². The maximum Gasteiger partial charge on any atom is 0.218 e. The van der Waals surface area contributed by atoms with E-state index in [9.17, 15) is 9.50 Å². The predicted octanol–water partition coefficient (Wildman–Crippen LogP) is 2.74. The average molecular weight is 456 g/mol. The van der Waals surface area contributed by atoms with Crippen molar-refractivity contribution in [1.82, 2.24) is 4.90 Å². The number of anilines is 1. The fraction of sp³-hybridized carbons (Fsp3) is 0.333. The quantitative estimate of drug-likeness (QED) is 0.320. The van der Waals surface area contributed by atoms with Gasteiger partial charge in [-0.3, -0.25) is 4.99 Å². The molecule has 0 bridgehead atoms. The molecule has 1 saturated heterocycles.